The van der Waals surface area contributed by atoms with E-state index in [2.05, 4.69) is 9.97 Å². The second-order valence-electron chi connectivity index (χ2n) is 8.15. The van der Waals surface area contributed by atoms with Gasteiger partial charge >= 0.3 is 0 Å². The number of ketones is 1. The summed E-state index contributed by atoms with van der Waals surface area (Å²) in [5.41, 5.74) is 1.85. The van der Waals surface area contributed by atoms with E-state index in [1.165, 1.54) is 27.6 Å². The Bertz CT molecular complexity index is 1540. The van der Waals surface area contributed by atoms with Gasteiger partial charge in [-0.2, -0.15) is 0 Å². The Morgan fingerprint density at radius 3 is 2.61 bits per heavy atom. The van der Waals surface area contributed by atoms with Crippen LogP contribution in [0.3, 0.4) is 0 Å². The molecule has 0 spiro atoms. The van der Waals surface area contributed by atoms with Crippen molar-refractivity contribution in [2.45, 2.75) is 26.8 Å². The number of ether oxygens (including phenoxy) is 2. The number of aromatic nitrogens is 2. The van der Waals surface area contributed by atoms with Crippen LogP contribution in [0.25, 0.3) is 10.2 Å². The van der Waals surface area contributed by atoms with Crippen molar-refractivity contribution < 1.29 is 24.2 Å². The zero-order chi connectivity index (χ0) is 25.6. The minimum Gasteiger partial charge on any atom is -0.503 e. The highest BCUT2D eigenvalue weighted by Crippen LogP contribution is 2.45. The van der Waals surface area contributed by atoms with Gasteiger partial charge in [0.2, 0.25) is 5.78 Å². The summed E-state index contributed by atoms with van der Waals surface area (Å²) in [5.74, 6) is -0.445. The molecule has 0 radical (unpaired) electrons. The minimum absolute atomic E-state index is 0.00531. The number of amides is 1. The van der Waals surface area contributed by atoms with Gasteiger partial charge in [-0.25, -0.2) is 9.97 Å². The molecular formula is C26H23N3O5S2. The number of aliphatic hydroxyl groups excluding tert-OH is 1. The number of hydrogen-bond donors (Lipinski definition) is 1. The summed E-state index contributed by atoms with van der Waals surface area (Å²) in [4.78, 5) is 38.0. The maximum atomic E-state index is 13.7. The average Bonchev–Trinajstić information content (AvgIpc) is 3.51. The molecule has 2 aromatic carbocycles. The second-order valence-corrected chi connectivity index (χ2v) is 10.4. The van der Waals surface area contributed by atoms with Crippen molar-refractivity contribution >= 4 is 49.7 Å². The number of hydrogen-bond acceptors (Lipinski definition) is 9. The fraction of sp³-hybridized carbons (Fsp3) is 0.231. The van der Waals surface area contributed by atoms with E-state index in [0.717, 1.165) is 9.71 Å². The first-order valence-corrected chi connectivity index (χ1v) is 12.9. The highest BCUT2D eigenvalue weighted by atomic mass is 32.1. The number of carbonyl (C=O) groups excluding carboxylic acids is 2. The Morgan fingerprint density at radius 1 is 1.11 bits per heavy atom. The first-order valence-electron chi connectivity index (χ1n) is 11.2. The monoisotopic (exact) mass is 521 g/mol. The SMILES string of the molecule is CCOc1ccc2nc(N3C(=O)C(O)=C(C(=O)c4sc(C)nc4C)C3c3cccc(OC)c3)sc2c1. The lowest BCUT2D eigenvalue weighted by Crippen LogP contribution is -2.31. The third-order valence-electron chi connectivity index (χ3n) is 5.84. The van der Waals surface area contributed by atoms with Crippen molar-refractivity contribution in [3.05, 3.63) is 74.9 Å². The number of aliphatic hydroxyl groups is 1. The van der Waals surface area contributed by atoms with Gasteiger partial charge in [-0.05, 0) is 56.7 Å². The zero-order valence-corrected chi connectivity index (χ0v) is 21.7. The van der Waals surface area contributed by atoms with Crippen LogP contribution in [0.1, 0.15) is 38.9 Å². The molecule has 0 saturated heterocycles. The minimum atomic E-state index is -0.895. The fourth-order valence-corrected chi connectivity index (χ4v) is 6.17. The van der Waals surface area contributed by atoms with E-state index >= 15 is 0 Å². The number of aryl methyl sites for hydroxylation is 2. The summed E-state index contributed by atoms with van der Waals surface area (Å²) >= 11 is 2.53. The lowest BCUT2D eigenvalue weighted by molar-refractivity contribution is -0.117. The summed E-state index contributed by atoms with van der Waals surface area (Å²) in [7, 11) is 1.54. The Hall–Kier alpha value is -3.76. The van der Waals surface area contributed by atoms with Gasteiger partial charge in [0.05, 0.1) is 51.1 Å². The lowest BCUT2D eigenvalue weighted by atomic mass is 9.95. The Balaban J connectivity index is 1.67. The number of Topliss-reactive ketones (excluding diaryl/α,β-unsaturated/α-hetero) is 1. The molecule has 1 aliphatic heterocycles. The molecule has 2 aromatic heterocycles. The van der Waals surface area contributed by atoms with Crippen LogP contribution >= 0.6 is 22.7 Å². The van der Waals surface area contributed by atoms with E-state index in [9.17, 15) is 14.7 Å². The number of benzene rings is 2. The zero-order valence-electron chi connectivity index (χ0n) is 20.1. The lowest BCUT2D eigenvalue weighted by Gasteiger charge is -2.24. The topological polar surface area (TPSA) is 102 Å². The molecular weight excluding hydrogens is 498 g/mol. The maximum Gasteiger partial charge on any atom is 0.296 e. The Morgan fingerprint density at radius 2 is 1.92 bits per heavy atom. The van der Waals surface area contributed by atoms with E-state index in [1.54, 1.807) is 38.3 Å². The smallest absolute Gasteiger partial charge is 0.296 e. The molecule has 3 heterocycles. The molecule has 0 saturated carbocycles. The van der Waals surface area contributed by atoms with Crippen LogP contribution in [-0.2, 0) is 4.79 Å². The predicted molar refractivity (Wildman–Crippen MR) is 140 cm³/mol. The largest absolute Gasteiger partial charge is 0.503 e. The van der Waals surface area contributed by atoms with Gasteiger partial charge < -0.3 is 14.6 Å². The van der Waals surface area contributed by atoms with Gasteiger partial charge in [0.25, 0.3) is 5.91 Å². The summed E-state index contributed by atoms with van der Waals surface area (Å²) in [6.45, 7) is 5.99. The van der Waals surface area contributed by atoms with Crippen LogP contribution in [-0.4, -0.2) is 40.5 Å². The van der Waals surface area contributed by atoms with E-state index in [4.69, 9.17) is 9.47 Å². The van der Waals surface area contributed by atoms with Crippen LogP contribution < -0.4 is 14.4 Å². The van der Waals surface area contributed by atoms with Crippen LogP contribution in [0.4, 0.5) is 5.13 Å². The highest BCUT2D eigenvalue weighted by Gasteiger charge is 2.46. The van der Waals surface area contributed by atoms with Gasteiger partial charge in [-0.15, -0.1) is 11.3 Å². The standard InChI is InChI=1S/C26H23N3O5S2/c1-5-34-17-9-10-18-19(12-17)36-26(28-18)29-21(15-7-6-8-16(11-15)33-4)20(23(31)25(29)32)22(30)24-13(2)27-14(3)35-24/h6-12,21,31H,5H2,1-4H3. The average molecular weight is 522 g/mol. The van der Waals surface area contributed by atoms with Gasteiger partial charge in [0.15, 0.2) is 10.9 Å². The van der Waals surface area contributed by atoms with Crippen LogP contribution in [0, 0.1) is 13.8 Å². The maximum absolute atomic E-state index is 13.7. The number of thiazole rings is 2. The van der Waals surface area contributed by atoms with Crippen LogP contribution in [0.5, 0.6) is 11.5 Å². The number of anilines is 1. The van der Waals surface area contributed by atoms with Crippen molar-refractivity contribution in [1.82, 2.24) is 9.97 Å². The summed E-state index contributed by atoms with van der Waals surface area (Å²) in [5, 5.41) is 12.1. The van der Waals surface area contributed by atoms with Crippen molar-refractivity contribution in [2.75, 3.05) is 18.6 Å². The van der Waals surface area contributed by atoms with Gasteiger partial charge in [-0.1, -0.05) is 23.5 Å². The first-order chi connectivity index (χ1) is 17.3. The van der Waals surface area contributed by atoms with Crippen molar-refractivity contribution in [3.8, 4) is 11.5 Å². The molecule has 1 amide bonds. The van der Waals surface area contributed by atoms with Crippen LogP contribution in [0.2, 0.25) is 0 Å². The first kappa shape index (κ1) is 24.0. The van der Waals surface area contributed by atoms with Crippen molar-refractivity contribution in [1.29, 1.82) is 0 Å². The molecule has 5 rings (SSSR count). The number of methoxy groups -OCH3 is 1. The second kappa shape index (κ2) is 9.36. The third-order valence-corrected chi connectivity index (χ3v) is 7.93. The van der Waals surface area contributed by atoms with Crippen LogP contribution in [0.15, 0.2) is 53.8 Å². The highest BCUT2D eigenvalue weighted by molar-refractivity contribution is 7.22. The van der Waals surface area contributed by atoms with E-state index < -0.39 is 23.5 Å². The summed E-state index contributed by atoms with van der Waals surface area (Å²) in [6, 6.07) is 11.7. The van der Waals surface area contributed by atoms with E-state index in [-0.39, 0.29) is 5.57 Å². The number of rotatable bonds is 7. The Kier molecular flexibility index (Phi) is 6.23. The Labute approximate surface area is 215 Å². The molecule has 0 bridgehead atoms. The predicted octanol–water partition coefficient (Wildman–Crippen LogP) is 5.56. The van der Waals surface area contributed by atoms with E-state index in [1.807, 2.05) is 32.0 Å². The fourth-order valence-electron chi connectivity index (χ4n) is 4.28. The number of fused-ring (bicyclic) bond motifs is 1. The molecule has 1 unspecified atom stereocenters. The van der Waals surface area contributed by atoms with Crippen molar-refractivity contribution in [3.63, 3.8) is 0 Å². The third kappa shape index (κ3) is 4.02. The summed E-state index contributed by atoms with van der Waals surface area (Å²) in [6.07, 6.45) is 0. The van der Waals surface area contributed by atoms with E-state index in [0.29, 0.717) is 44.9 Å². The molecule has 10 heteroatoms. The number of nitrogens with zero attached hydrogens (tertiary/aromatic N) is 3. The molecule has 184 valence electrons. The van der Waals surface area contributed by atoms with Gasteiger partial charge in [0, 0.05) is 0 Å². The summed E-state index contributed by atoms with van der Waals surface area (Å²) < 4.78 is 11.8. The molecule has 1 atom stereocenters. The van der Waals surface area contributed by atoms with Crippen molar-refractivity contribution in [2.24, 2.45) is 0 Å². The molecule has 1 N–H and O–H groups in total. The molecule has 1 aliphatic rings. The number of carbonyl (C=O) groups is 2. The molecule has 8 nitrogen and oxygen atoms in total. The molecule has 0 aliphatic carbocycles. The van der Waals surface area contributed by atoms with Gasteiger partial charge in [0.1, 0.15) is 11.5 Å². The molecule has 0 fully saturated rings. The normalized spacial score (nSPS) is 15.7. The quantitative estimate of drug-likeness (QED) is 0.318. The molecule has 4 aromatic rings. The van der Waals surface area contributed by atoms with Gasteiger partial charge in [-0.3, -0.25) is 14.5 Å². The molecule has 36 heavy (non-hydrogen) atoms.